The van der Waals surface area contributed by atoms with Gasteiger partial charge in [0.25, 0.3) is 0 Å². The number of carbonyl (C=O) groups excluding carboxylic acids is 1. The lowest BCUT2D eigenvalue weighted by molar-refractivity contribution is -0.173. The molecule has 1 amide bonds. The van der Waals surface area contributed by atoms with E-state index in [9.17, 15) is 18.0 Å². The van der Waals surface area contributed by atoms with E-state index in [0.29, 0.717) is 13.0 Å². The summed E-state index contributed by atoms with van der Waals surface area (Å²) in [6.07, 6.45) is -3.55. The van der Waals surface area contributed by atoms with Gasteiger partial charge in [-0.1, -0.05) is 12.1 Å². The van der Waals surface area contributed by atoms with Crippen LogP contribution in [0.25, 0.3) is 0 Å². The quantitative estimate of drug-likeness (QED) is 0.712. The van der Waals surface area contributed by atoms with Crippen LogP contribution in [0, 0.1) is 6.92 Å². The maximum absolute atomic E-state index is 11.8. The minimum Gasteiger partial charge on any atom is -0.494 e. The van der Waals surface area contributed by atoms with Crippen LogP contribution < -0.4 is 10.1 Å². The molecule has 0 radical (unpaired) electrons. The second-order valence-corrected chi connectivity index (χ2v) is 4.79. The number of rotatable bonds is 9. The molecular weight excluding hydrogens is 299 g/mol. The molecule has 0 aromatic heterocycles. The maximum atomic E-state index is 11.8. The van der Waals surface area contributed by atoms with Crippen LogP contribution in [0.15, 0.2) is 24.3 Å². The van der Waals surface area contributed by atoms with Gasteiger partial charge < -0.3 is 14.8 Å². The van der Waals surface area contributed by atoms with Gasteiger partial charge in [0, 0.05) is 13.0 Å². The minimum atomic E-state index is -4.34. The molecule has 1 aromatic rings. The second kappa shape index (κ2) is 9.30. The highest BCUT2D eigenvalue weighted by molar-refractivity contribution is 5.75. The van der Waals surface area contributed by atoms with Gasteiger partial charge in [0.2, 0.25) is 5.91 Å². The van der Waals surface area contributed by atoms with Crippen molar-refractivity contribution >= 4 is 5.91 Å². The van der Waals surface area contributed by atoms with Gasteiger partial charge in [0.05, 0.1) is 13.2 Å². The Kier molecular flexibility index (Phi) is 7.73. The third-order valence-corrected chi connectivity index (χ3v) is 2.64. The predicted octanol–water partition coefficient (Wildman–Crippen LogP) is 2.85. The van der Waals surface area contributed by atoms with Crippen molar-refractivity contribution in [3.8, 4) is 5.75 Å². The van der Waals surface area contributed by atoms with Crippen LogP contribution in [0.3, 0.4) is 0 Å². The topological polar surface area (TPSA) is 47.6 Å². The maximum Gasteiger partial charge on any atom is 0.411 e. The Bertz CT molecular complexity index is 464. The monoisotopic (exact) mass is 319 g/mol. The number of halogens is 3. The zero-order valence-corrected chi connectivity index (χ0v) is 12.4. The fourth-order valence-electron chi connectivity index (χ4n) is 1.67. The highest BCUT2D eigenvalue weighted by Crippen LogP contribution is 2.14. The van der Waals surface area contributed by atoms with Gasteiger partial charge in [-0.15, -0.1) is 0 Å². The molecule has 0 bridgehead atoms. The first-order valence-corrected chi connectivity index (χ1v) is 6.97. The van der Waals surface area contributed by atoms with Gasteiger partial charge >= 0.3 is 6.18 Å². The van der Waals surface area contributed by atoms with E-state index in [1.54, 1.807) is 0 Å². The zero-order chi connectivity index (χ0) is 16.4. The Hall–Kier alpha value is -1.76. The summed E-state index contributed by atoms with van der Waals surface area (Å²) in [5, 5.41) is 2.49. The van der Waals surface area contributed by atoms with E-state index in [-0.39, 0.29) is 25.5 Å². The second-order valence-electron chi connectivity index (χ2n) is 4.79. The first-order valence-electron chi connectivity index (χ1n) is 6.97. The predicted molar refractivity (Wildman–Crippen MR) is 75.8 cm³/mol. The summed E-state index contributed by atoms with van der Waals surface area (Å²) >= 11 is 0. The van der Waals surface area contributed by atoms with E-state index in [1.807, 2.05) is 31.2 Å². The molecule has 1 aromatic carbocycles. The van der Waals surface area contributed by atoms with Crippen molar-refractivity contribution < 1.29 is 27.4 Å². The van der Waals surface area contributed by atoms with Gasteiger partial charge in [-0.05, 0) is 31.0 Å². The molecule has 7 heteroatoms. The van der Waals surface area contributed by atoms with Crippen LogP contribution in [0.1, 0.15) is 18.4 Å². The summed E-state index contributed by atoms with van der Waals surface area (Å²) in [6, 6.07) is 7.59. The summed E-state index contributed by atoms with van der Waals surface area (Å²) in [6.45, 7) is 0.967. The number of amides is 1. The SMILES string of the molecule is Cc1cccc(OCCCC(=O)NCCOCC(F)(F)F)c1. The summed E-state index contributed by atoms with van der Waals surface area (Å²) in [4.78, 5) is 11.4. The number of hydrogen-bond acceptors (Lipinski definition) is 3. The normalized spacial score (nSPS) is 11.3. The molecule has 0 aliphatic rings. The first kappa shape index (κ1) is 18.3. The van der Waals surface area contributed by atoms with Gasteiger partial charge in [-0.2, -0.15) is 13.2 Å². The van der Waals surface area contributed by atoms with Crippen molar-refractivity contribution in [3.05, 3.63) is 29.8 Å². The van der Waals surface area contributed by atoms with Gasteiger partial charge in [-0.3, -0.25) is 4.79 Å². The van der Waals surface area contributed by atoms with Gasteiger partial charge in [-0.25, -0.2) is 0 Å². The molecule has 4 nitrogen and oxygen atoms in total. The molecule has 1 N–H and O–H groups in total. The lowest BCUT2D eigenvalue weighted by Crippen LogP contribution is -2.28. The lowest BCUT2D eigenvalue weighted by atomic mass is 10.2. The summed E-state index contributed by atoms with van der Waals surface area (Å²) in [7, 11) is 0. The van der Waals surface area contributed by atoms with E-state index < -0.39 is 12.8 Å². The Labute approximate surface area is 127 Å². The Morgan fingerprint density at radius 3 is 2.73 bits per heavy atom. The average molecular weight is 319 g/mol. The molecule has 0 unspecified atom stereocenters. The molecule has 0 fully saturated rings. The Balaban J connectivity index is 2.02. The van der Waals surface area contributed by atoms with Gasteiger partial charge in [0.1, 0.15) is 12.4 Å². The van der Waals surface area contributed by atoms with Crippen LogP contribution in [0.2, 0.25) is 0 Å². The molecule has 0 saturated carbocycles. The Morgan fingerprint density at radius 1 is 1.27 bits per heavy atom. The number of alkyl halides is 3. The molecule has 124 valence electrons. The fourth-order valence-corrected chi connectivity index (χ4v) is 1.67. The summed E-state index contributed by atoms with van der Waals surface area (Å²) in [5.74, 6) is 0.518. The summed E-state index contributed by atoms with van der Waals surface area (Å²) in [5.41, 5.74) is 1.09. The number of benzene rings is 1. The first-order chi connectivity index (χ1) is 10.4. The molecule has 0 aliphatic carbocycles. The van der Waals surface area contributed by atoms with Crippen molar-refractivity contribution in [1.82, 2.24) is 5.32 Å². The Morgan fingerprint density at radius 2 is 2.05 bits per heavy atom. The molecule has 0 heterocycles. The lowest BCUT2D eigenvalue weighted by Gasteiger charge is -2.09. The van der Waals surface area contributed by atoms with Crippen LogP contribution in [0.5, 0.6) is 5.75 Å². The molecule has 0 aliphatic heterocycles. The van der Waals surface area contributed by atoms with E-state index >= 15 is 0 Å². The molecule has 0 spiro atoms. The van der Waals surface area contributed by atoms with E-state index in [2.05, 4.69) is 10.1 Å². The molecule has 0 saturated heterocycles. The minimum absolute atomic E-state index is 0.0631. The third-order valence-electron chi connectivity index (χ3n) is 2.64. The number of aryl methyl sites for hydroxylation is 1. The third kappa shape index (κ3) is 9.23. The number of nitrogens with one attached hydrogen (secondary N) is 1. The standard InChI is InChI=1S/C15H20F3NO3/c1-12-4-2-5-13(10-12)22-8-3-6-14(20)19-7-9-21-11-15(16,17)18/h2,4-5,10H,3,6-9,11H2,1H3,(H,19,20). The van der Waals surface area contributed by atoms with Crippen LogP contribution in [-0.4, -0.2) is 38.4 Å². The number of hydrogen-bond donors (Lipinski definition) is 1. The van der Waals surface area contributed by atoms with Crippen LogP contribution >= 0.6 is 0 Å². The van der Waals surface area contributed by atoms with Crippen molar-refractivity contribution in [2.75, 3.05) is 26.4 Å². The molecule has 0 atom stereocenters. The smallest absolute Gasteiger partial charge is 0.411 e. The average Bonchev–Trinajstić information content (AvgIpc) is 2.42. The van der Waals surface area contributed by atoms with Crippen molar-refractivity contribution in [2.24, 2.45) is 0 Å². The highest BCUT2D eigenvalue weighted by atomic mass is 19.4. The van der Waals surface area contributed by atoms with Crippen molar-refractivity contribution in [2.45, 2.75) is 25.9 Å². The number of carbonyl (C=O) groups is 1. The van der Waals surface area contributed by atoms with Crippen LogP contribution in [0.4, 0.5) is 13.2 Å². The fraction of sp³-hybridized carbons (Fsp3) is 0.533. The molecular formula is C15H20F3NO3. The van der Waals surface area contributed by atoms with Crippen LogP contribution in [-0.2, 0) is 9.53 Å². The van der Waals surface area contributed by atoms with E-state index in [1.165, 1.54) is 0 Å². The largest absolute Gasteiger partial charge is 0.494 e. The van der Waals surface area contributed by atoms with Gasteiger partial charge in [0.15, 0.2) is 0 Å². The van der Waals surface area contributed by atoms with E-state index in [4.69, 9.17) is 4.74 Å². The highest BCUT2D eigenvalue weighted by Gasteiger charge is 2.27. The van der Waals surface area contributed by atoms with E-state index in [0.717, 1.165) is 11.3 Å². The molecule has 1 rings (SSSR count). The van der Waals surface area contributed by atoms with Crippen molar-refractivity contribution in [3.63, 3.8) is 0 Å². The van der Waals surface area contributed by atoms with Crippen molar-refractivity contribution in [1.29, 1.82) is 0 Å². The number of ether oxygens (including phenoxy) is 2. The summed E-state index contributed by atoms with van der Waals surface area (Å²) < 4.78 is 45.2. The molecule has 22 heavy (non-hydrogen) atoms. The zero-order valence-electron chi connectivity index (χ0n) is 12.4.